The quantitative estimate of drug-likeness (QED) is 0.587. The van der Waals surface area contributed by atoms with Crippen molar-refractivity contribution in [2.75, 3.05) is 0 Å². The van der Waals surface area contributed by atoms with Crippen LogP contribution in [0.25, 0.3) is 0 Å². The van der Waals surface area contributed by atoms with Gasteiger partial charge in [0.25, 0.3) is 0 Å². The molecule has 0 fully saturated rings. The van der Waals surface area contributed by atoms with Crippen molar-refractivity contribution in [2.45, 2.75) is 32.1 Å². The molecule has 13 heavy (non-hydrogen) atoms. The standard InChI is InChI=1S/C12H12O/c13-12-7-6-10-9-3-1-2-8(9)4-5-11(10)12/h4-5H,1-3,6-7H2. The van der Waals surface area contributed by atoms with Crippen LogP contribution in [-0.2, 0) is 19.3 Å². The monoisotopic (exact) mass is 172 g/mol. The second kappa shape index (κ2) is 2.44. The van der Waals surface area contributed by atoms with E-state index in [0.717, 1.165) is 18.4 Å². The van der Waals surface area contributed by atoms with Crippen LogP contribution in [0, 0.1) is 0 Å². The van der Waals surface area contributed by atoms with E-state index in [4.69, 9.17) is 0 Å². The lowest BCUT2D eigenvalue weighted by Gasteiger charge is -2.05. The summed E-state index contributed by atoms with van der Waals surface area (Å²) in [6, 6.07) is 4.19. The van der Waals surface area contributed by atoms with Gasteiger partial charge in [-0.25, -0.2) is 0 Å². The number of ketones is 1. The summed E-state index contributed by atoms with van der Waals surface area (Å²) in [7, 11) is 0. The Morgan fingerprint density at radius 1 is 0.923 bits per heavy atom. The van der Waals surface area contributed by atoms with Crippen molar-refractivity contribution in [1.29, 1.82) is 0 Å². The minimum absolute atomic E-state index is 0.352. The zero-order valence-electron chi connectivity index (χ0n) is 7.60. The molecule has 0 saturated heterocycles. The number of hydrogen-bond donors (Lipinski definition) is 0. The highest BCUT2D eigenvalue weighted by molar-refractivity contribution is 6.00. The summed E-state index contributed by atoms with van der Waals surface area (Å²) in [5.74, 6) is 0.352. The van der Waals surface area contributed by atoms with Crippen molar-refractivity contribution >= 4 is 5.78 Å². The highest BCUT2D eigenvalue weighted by atomic mass is 16.1. The zero-order valence-corrected chi connectivity index (χ0v) is 7.60. The van der Waals surface area contributed by atoms with Crippen LogP contribution < -0.4 is 0 Å². The highest BCUT2D eigenvalue weighted by Crippen LogP contribution is 2.32. The molecule has 0 spiro atoms. The normalized spacial score (nSPS) is 18.9. The van der Waals surface area contributed by atoms with Crippen LogP contribution in [0.5, 0.6) is 0 Å². The van der Waals surface area contributed by atoms with E-state index in [1.807, 2.05) is 6.07 Å². The van der Waals surface area contributed by atoms with Crippen LogP contribution in [0.1, 0.15) is 39.9 Å². The molecule has 1 aromatic rings. The Hall–Kier alpha value is -1.11. The first-order chi connectivity index (χ1) is 6.36. The molecule has 1 nitrogen and oxygen atoms in total. The molecule has 0 N–H and O–H groups in total. The summed E-state index contributed by atoms with van der Waals surface area (Å²) in [4.78, 5) is 11.5. The van der Waals surface area contributed by atoms with Crippen molar-refractivity contribution in [3.05, 3.63) is 34.4 Å². The van der Waals surface area contributed by atoms with Crippen LogP contribution in [0.15, 0.2) is 12.1 Å². The Balaban J connectivity index is 2.26. The Morgan fingerprint density at radius 3 is 2.77 bits per heavy atom. The highest BCUT2D eigenvalue weighted by Gasteiger charge is 2.25. The topological polar surface area (TPSA) is 17.1 Å². The van der Waals surface area contributed by atoms with E-state index in [9.17, 15) is 4.79 Å². The van der Waals surface area contributed by atoms with Crippen molar-refractivity contribution < 1.29 is 4.79 Å². The second-order valence-corrected chi connectivity index (χ2v) is 4.01. The zero-order chi connectivity index (χ0) is 8.84. The molecule has 66 valence electrons. The maximum absolute atomic E-state index is 11.5. The molecule has 2 aliphatic rings. The summed E-state index contributed by atoms with van der Waals surface area (Å²) < 4.78 is 0. The van der Waals surface area contributed by atoms with Gasteiger partial charge in [0.1, 0.15) is 0 Å². The number of fused-ring (bicyclic) bond motifs is 3. The molecule has 0 saturated carbocycles. The third-order valence-corrected chi connectivity index (χ3v) is 3.30. The van der Waals surface area contributed by atoms with Crippen molar-refractivity contribution in [3.63, 3.8) is 0 Å². The van der Waals surface area contributed by atoms with Gasteiger partial charge in [0.2, 0.25) is 0 Å². The lowest BCUT2D eigenvalue weighted by atomic mass is 10.00. The average molecular weight is 172 g/mol. The molecular weight excluding hydrogens is 160 g/mol. The first-order valence-electron chi connectivity index (χ1n) is 5.03. The van der Waals surface area contributed by atoms with Crippen LogP contribution in [0.4, 0.5) is 0 Å². The van der Waals surface area contributed by atoms with Crippen molar-refractivity contribution in [3.8, 4) is 0 Å². The maximum Gasteiger partial charge on any atom is 0.163 e. The third-order valence-electron chi connectivity index (χ3n) is 3.30. The summed E-state index contributed by atoms with van der Waals surface area (Å²) in [5, 5.41) is 0. The van der Waals surface area contributed by atoms with Gasteiger partial charge in [-0.2, -0.15) is 0 Å². The lowest BCUT2D eigenvalue weighted by molar-refractivity contribution is 0.0994. The summed E-state index contributed by atoms with van der Waals surface area (Å²) in [6.45, 7) is 0. The van der Waals surface area contributed by atoms with E-state index >= 15 is 0 Å². The molecule has 0 heterocycles. The molecule has 1 aromatic carbocycles. The molecule has 0 atom stereocenters. The van der Waals surface area contributed by atoms with E-state index in [-0.39, 0.29) is 0 Å². The number of carbonyl (C=O) groups is 1. The van der Waals surface area contributed by atoms with Crippen LogP contribution >= 0.6 is 0 Å². The fraction of sp³-hybridized carbons (Fsp3) is 0.417. The Bertz CT molecular complexity index is 390. The minimum atomic E-state index is 0.352. The van der Waals surface area contributed by atoms with Gasteiger partial charge < -0.3 is 0 Å². The van der Waals surface area contributed by atoms with Crippen molar-refractivity contribution in [1.82, 2.24) is 0 Å². The van der Waals surface area contributed by atoms with Gasteiger partial charge in [-0.15, -0.1) is 0 Å². The largest absolute Gasteiger partial charge is 0.294 e. The smallest absolute Gasteiger partial charge is 0.163 e. The Kier molecular flexibility index (Phi) is 1.37. The molecule has 0 aromatic heterocycles. The van der Waals surface area contributed by atoms with Crippen LogP contribution in [0.3, 0.4) is 0 Å². The summed E-state index contributed by atoms with van der Waals surface area (Å²) in [6.07, 6.45) is 5.44. The number of hydrogen-bond acceptors (Lipinski definition) is 1. The fourth-order valence-corrected chi connectivity index (χ4v) is 2.66. The molecule has 0 radical (unpaired) electrons. The minimum Gasteiger partial charge on any atom is -0.294 e. The van der Waals surface area contributed by atoms with Gasteiger partial charge in [0, 0.05) is 12.0 Å². The predicted molar refractivity (Wildman–Crippen MR) is 51.1 cm³/mol. The van der Waals surface area contributed by atoms with Gasteiger partial charge in [-0.3, -0.25) is 4.79 Å². The first kappa shape index (κ1) is 7.31. The molecule has 0 unspecified atom stereocenters. The van der Waals surface area contributed by atoms with Gasteiger partial charge in [0.15, 0.2) is 5.78 Å². The molecule has 2 aliphatic carbocycles. The first-order valence-corrected chi connectivity index (χ1v) is 5.03. The van der Waals surface area contributed by atoms with Crippen LogP contribution in [-0.4, -0.2) is 5.78 Å². The van der Waals surface area contributed by atoms with Gasteiger partial charge in [-0.05, 0) is 42.4 Å². The summed E-state index contributed by atoms with van der Waals surface area (Å²) >= 11 is 0. The van der Waals surface area contributed by atoms with Gasteiger partial charge in [-0.1, -0.05) is 12.1 Å². The second-order valence-electron chi connectivity index (χ2n) is 4.01. The van der Waals surface area contributed by atoms with E-state index in [2.05, 4.69) is 6.07 Å². The SMILES string of the molecule is O=C1CCc2c1ccc1c2CCC1. The maximum atomic E-state index is 11.5. The van der Waals surface area contributed by atoms with Crippen LogP contribution in [0.2, 0.25) is 0 Å². The third kappa shape index (κ3) is 0.902. The Morgan fingerprint density at radius 2 is 1.85 bits per heavy atom. The van der Waals surface area contributed by atoms with Gasteiger partial charge in [0.05, 0.1) is 0 Å². The summed E-state index contributed by atoms with van der Waals surface area (Å²) in [5.41, 5.74) is 5.39. The average Bonchev–Trinajstić information content (AvgIpc) is 2.70. The number of Topliss-reactive ketones (excluding diaryl/α,β-unsaturated/α-hetero) is 1. The molecular formula is C12H12O. The molecule has 0 aliphatic heterocycles. The van der Waals surface area contributed by atoms with E-state index in [1.54, 1.807) is 0 Å². The van der Waals surface area contributed by atoms with E-state index in [1.165, 1.54) is 36.0 Å². The molecule has 3 rings (SSSR count). The molecule has 0 bridgehead atoms. The fourth-order valence-electron chi connectivity index (χ4n) is 2.66. The number of benzene rings is 1. The Labute approximate surface area is 77.8 Å². The predicted octanol–water partition coefficient (Wildman–Crippen LogP) is 2.30. The van der Waals surface area contributed by atoms with E-state index in [0.29, 0.717) is 5.78 Å². The van der Waals surface area contributed by atoms with E-state index < -0.39 is 0 Å². The number of carbonyl (C=O) groups excluding carboxylic acids is 1. The lowest BCUT2D eigenvalue weighted by Crippen LogP contribution is -1.94. The number of rotatable bonds is 0. The van der Waals surface area contributed by atoms with Gasteiger partial charge >= 0.3 is 0 Å². The molecule has 0 amide bonds. The van der Waals surface area contributed by atoms with Crippen molar-refractivity contribution in [2.24, 2.45) is 0 Å². The number of aryl methyl sites for hydroxylation is 1. The molecule has 1 heteroatoms.